The normalized spacial score (nSPS) is 16.0. The van der Waals surface area contributed by atoms with Crippen LogP contribution in [0.2, 0.25) is 0 Å². The van der Waals surface area contributed by atoms with Crippen molar-refractivity contribution < 1.29 is 18.0 Å². The average molecular weight is 465 g/mol. The van der Waals surface area contributed by atoms with Gasteiger partial charge in [0, 0.05) is 24.1 Å². The lowest BCUT2D eigenvalue weighted by molar-refractivity contribution is -0.137. The van der Waals surface area contributed by atoms with Gasteiger partial charge in [-0.15, -0.1) is 0 Å². The lowest BCUT2D eigenvalue weighted by Crippen LogP contribution is -2.42. The molecule has 0 bridgehead atoms. The molecule has 6 heteroatoms. The Morgan fingerprint density at radius 2 is 1.62 bits per heavy atom. The molecule has 1 amide bonds. The third-order valence-electron chi connectivity index (χ3n) is 6.63. The van der Waals surface area contributed by atoms with Gasteiger partial charge in [-0.2, -0.15) is 13.2 Å². The molecule has 0 saturated carbocycles. The van der Waals surface area contributed by atoms with E-state index in [0.717, 1.165) is 44.0 Å². The number of likely N-dealkylation sites (tertiary alicyclic amines) is 1. The molecule has 1 fully saturated rings. The summed E-state index contributed by atoms with van der Waals surface area (Å²) < 4.78 is 39.9. The van der Waals surface area contributed by atoms with Crippen LogP contribution in [-0.2, 0) is 18.0 Å². The second-order valence-corrected chi connectivity index (χ2v) is 8.82. The number of primary amides is 1. The quantitative estimate of drug-likeness (QED) is 0.483. The molecular weight excluding hydrogens is 437 g/mol. The second kappa shape index (κ2) is 9.75. The molecule has 34 heavy (non-hydrogen) atoms. The highest BCUT2D eigenvalue weighted by molar-refractivity contribution is 5.92. The molecule has 1 aliphatic heterocycles. The van der Waals surface area contributed by atoms with E-state index in [2.05, 4.69) is 17.0 Å². The van der Waals surface area contributed by atoms with Crippen LogP contribution < -0.4 is 5.73 Å². The molecule has 3 aromatic carbocycles. The number of amides is 1. The van der Waals surface area contributed by atoms with E-state index in [1.165, 1.54) is 17.7 Å². The van der Waals surface area contributed by atoms with Crippen molar-refractivity contribution in [2.75, 3.05) is 13.1 Å². The van der Waals surface area contributed by atoms with Crippen LogP contribution in [0, 0.1) is 0 Å². The number of piperidine rings is 1. The second-order valence-electron chi connectivity index (χ2n) is 8.82. The van der Waals surface area contributed by atoms with E-state index < -0.39 is 17.6 Å². The number of hydrogen-bond donors (Lipinski definition) is 1. The van der Waals surface area contributed by atoms with Crippen LogP contribution in [0.1, 0.15) is 45.5 Å². The van der Waals surface area contributed by atoms with Crippen LogP contribution in [-0.4, -0.2) is 23.9 Å². The highest BCUT2D eigenvalue weighted by Crippen LogP contribution is 2.39. The van der Waals surface area contributed by atoms with E-state index in [0.29, 0.717) is 5.56 Å². The van der Waals surface area contributed by atoms with E-state index in [4.69, 9.17) is 5.73 Å². The number of carbonyl (C=O) groups excluding carboxylic acids is 1. The van der Waals surface area contributed by atoms with Gasteiger partial charge in [0.25, 0.3) is 0 Å². The molecule has 3 nitrogen and oxygen atoms in total. The standard InChI is InChI=1S/C28H27F3N2O/c29-28(30,31)25-12-5-4-8-22(25)13-16-33-17-14-27(15-18-33,24-10-2-1-3-11-24)20-21-7-6-9-23(19-21)26(32)34/h1-13,16,19H,14-15,17-18,20H2,(H2,32,34). The summed E-state index contributed by atoms with van der Waals surface area (Å²) in [6.45, 7) is 1.43. The minimum Gasteiger partial charge on any atom is -0.377 e. The number of halogens is 3. The molecule has 1 saturated heterocycles. The summed E-state index contributed by atoms with van der Waals surface area (Å²) in [7, 11) is 0. The van der Waals surface area contributed by atoms with Gasteiger partial charge in [-0.3, -0.25) is 4.79 Å². The third kappa shape index (κ3) is 5.33. The molecule has 176 valence electrons. The molecule has 1 aliphatic rings. The number of nitrogens with two attached hydrogens (primary N) is 1. The van der Waals surface area contributed by atoms with Crippen molar-refractivity contribution in [1.29, 1.82) is 0 Å². The summed E-state index contributed by atoms with van der Waals surface area (Å²) in [5.41, 5.74) is 7.64. The number of alkyl halides is 3. The molecule has 3 aromatic rings. The molecule has 1 heterocycles. The third-order valence-corrected chi connectivity index (χ3v) is 6.63. The van der Waals surface area contributed by atoms with E-state index >= 15 is 0 Å². The maximum atomic E-state index is 13.3. The smallest absolute Gasteiger partial charge is 0.377 e. The zero-order valence-electron chi connectivity index (χ0n) is 18.8. The van der Waals surface area contributed by atoms with Gasteiger partial charge in [-0.25, -0.2) is 0 Å². The Morgan fingerprint density at radius 3 is 2.29 bits per heavy atom. The number of nitrogens with zero attached hydrogens (tertiary/aromatic N) is 1. The largest absolute Gasteiger partial charge is 0.416 e. The maximum absolute atomic E-state index is 13.3. The van der Waals surface area contributed by atoms with Crippen molar-refractivity contribution in [3.05, 3.63) is 113 Å². The van der Waals surface area contributed by atoms with Gasteiger partial charge in [0.1, 0.15) is 0 Å². The fourth-order valence-electron chi connectivity index (χ4n) is 4.77. The molecule has 0 unspecified atom stereocenters. The maximum Gasteiger partial charge on any atom is 0.416 e. The summed E-state index contributed by atoms with van der Waals surface area (Å²) in [5, 5.41) is 0. The highest BCUT2D eigenvalue weighted by Gasteiger charge is 2.36. The Morgan fingerprint density at radius 1 is 0.941 bits per heavy atom. The fourth-order valence-corrected chi connectivity index (χ4v) is 4.77. The Balaban J connectivity index is 1.55. The van der Waals surface area contributed by atoms with E-state index in [-0.39, 0.29) is 11.0 Å². The summed E-state index contributed by atoms with van der Waals surface area (Å²) in [5.74, 6) is -0.449. The Hall–Kier alpha value is -3.54. The molecule has 4 rings (SSSR count). The van der Waals surface area contributed by atoms with Gasteiger partial charge in [-0.05, 0) is 66.4 Å². The van der Waals surface area contributed by atoms with E-state index in [1.54, 1.807) is 24.4 Å². The number of carbonyl (C=O) groups is 1. The van der Waals surface area contributed by atoms with Crippen LogP contribution in [0.4, 0.5) is 13.2 Å². The van der Waals surface area contributed by atoms with E-state index in [1.807, 2.05) is 36.4 Å². The van der Waals surface area contributed by atoms with Crippen LogP contribution in [0.15, 0.2) is 85.1 Å². The highest BCUT2D eigenvalue weighted by atomic mass is 19.4. The molecule has 0 spiro atoms. The Kier molecular flexibility index (Phi) is 6.77. The summed E-state index contributed by atoms with van der Waals surface area (Å²) >= 11 is 0. The van der Waals surface area contributed by atoms with Gasteiger partial charge in [-0.1, -0.05) is 60.7 Å². The molecule has 0 radical (unpaired) electrons. The molecular formula is C28H27F3N2O. The molecule has 0 atom stereocenters. The first-order chi connectivity index (χ1) is 16.3. The van der Waals surface area contributed by atoms with Crippen molar-refractivity contribution in [2.45, 2.75) is 30.9 Å². The van der Waals surface area contributed by atoms with Gasteiger partial charge in [0.05, 0.1) is 5.56 Å². The minimum atomic E-state index is -4.38. The van der Waals surface area contributed by atoms with Crippen molar-refractivity contribution >= 4 is 12.0 Å². The molecule has 0 aliphatic carbocycles. The minimum absolute atomic E-state index is 0.133. The zero-order chi connectivity index (χ0) is 24.2. The average Bonchev–Trinajstić information content (AvgIpc) is 2.84. The number of rotatable bonds is 6. The van der Waals surface area contributed by atoms with Crippen molar-refractivity contribution in [1.82, 2.24) is 4.90 Å². The van der Waals surface area contributed by atoms with Crippen LogP contribution in [0.5, 0.6) is 0 Å². The van der Waals surface area contributed by atoms with Crippen LogP contribution >= 0.6 is 0 Å². The summed E-state index contributed by atoms with van der Waals surface area (Å²) in [6, 6.07) is 23.3. The first-order valence-electron chi connectivity index (χ1n) is 11.3. The first-order valence-corrected chi connectivity index (χ1v) is 11.3. The lowest BCUT2D eigenvalue weighted by Gasteiger charge is -2.42. The predicted octanol–water partition coefficient (Wildman–Crippen LogP) is 6.05. The van der Waals surface area contributed by atoms with Gasteiger partial charge < -0.3 is 10.6 Å². The fraction of sp³-hybridized carbons (Fsp3) is 0.250. The zero-order valence-corrected chi connectivity index (χ0v) is 18.8. The SMILES string of the molecule is NC(=O)c1cccc(CC2(c3ccccc3)CCN(C=Cc3ccccc3C(F)(F)F)CC2)c1. The van der Waals surface area contributed by atoms with Gasteiger partial charge in [0.15, 0.2) is 0 Å². The topological polar surface area (TPSA) is 46.3 Å². The van der Waals surface area contributed by atoms with Crippen molar-refractivity contribution in [2.24, 2.45) is 5.73 Å². The monoisotopic (exact) mass is 464 g/mol. The van der Waals surface area contributed by atoms with Crippen LogP contribution in [0.25, 0.3) is 6.08 Å². The Labute approximate surface area is 197 Å². The molecule has 0 aromatic heterocycles. The predicted molar refractivity (Wildman–Crippen MR) is 128 cm³/mol. The van der Waals surface area contributed by atoms with Crippen molar-refractivity contribution in [3.8, 4) is 0 Å². The molecule has 2 N–H and O–H groups in total. The summed E-state index contributed by atoms with van der Waals surface area (Å²) in [4.78, 5) is 13.7. The van der Waals surface area contributed by atoms with E-state index in [9.17, 15) is 18.0 Å². The summed E-state index contributed by atoms with van der Waals surface area (Å²) in [6.07, 6.45) is 1.37. The van der Waals surface area contributed by atoms with Crippen LogP contribution in [0.3, 0.4) is 0 Å². The van der Waals surface area contributed by atoms with Gasteiger partial charge >= 0.3 is 6.18 Å². The van der Waals surface area contributed by atoms with Gasteiger partial charge in [0.2, 0.25) is 5.91 Å². The first kappa shape index (κ1) is 23.6. The lowest BCUT2D eigenvalue weighted by atomic mass is 9.69. The Bertz CT molecular complexity index is 1160. The number of hydrogen-bond acceptors (Lipinski definition) is 2. The number of benzene rings is 3. The van der Waals surface area contributed by atoms with Crippen molar-refractivity contribution in [3.63, 3.8) is 0 Å².